The Morgan fingerprint density at radius 1 is 0.923 bits per heavy atom. The number of benzene rings is 3. The number of nitrogens with one attached hydrogen (secondary N) is 2. The van der Waals surface area contributed by atoms with Gasteiger partial charge in [-0.3, -0.25) is 4.79 Å². The number of para-hydroxylation sites is 1. The van der Waals surface area contributed by atoms with E-state index in [0.29, 0.717) is 24.6 Å². The van der Waals surface area contributed by atoms with Gasteiger partial charge in [0.1, 0.15) is 5.82 Å². The van der Waals surface area contributed by atoms with E-state index < -0.39 is 11.6 Å². The Balaban J connectivity index is 1.10. The number of nitrogens with zero attached hydrogens (tertiary/aromatic N) is 4. The Bertz CT molecular complexity index is 1490. The first kappa shape index (κ1) is 25.2. The summed E-state index contributed by atoms with van der Waals surface area (Å²) in [6.07, 6.45) is 1.10. The van der Waals surface area contributed by atoms with Gasteiger partial charge in [-0.15, -0.1) is 0 Å². The summed E-state index contributed by atoms with van der Waals surface area (Å²) in [5, 5.41) is 7.91. The summed E-state index contributed by atoms with van der Waals surface area (Å²) >= 11 is 0. The quantitative estimate of drug-likeness (QED) is 0.390. The van der Waals surface area contributed by atoms with Gasteiger partial charge < -0.3 is 20.4 Å². The van der Waals surface area contributed by atoms with Crippen LogP contribution in [0, 0.1) is 11.6 Å². The highest BCUT2D eigenvalue weighted by Gasteiger charge is 2.27. The summed E-state index contributed by atoms with van der Waals surface area (Å²) in [4.78, 5) is 26.9. The minimum Gasteiger partial charge on any atom is -0.353 e. The SMILES string of the molecule is O=C(Cc1ccc(-c2ccc(F)c(F)c2)cc1)N1CC[C@H](Nc2nc(N3CCNCC3)c3ccccc3n2)C1. The maximum atomic E-state index is 13.6. The highest BCUT2D eigenvalue weighted by Crippen LogP contribution is 2.27. The molecule has 9 heteroatoms. The summed E-state index contributed by atoms with van der Waals surface area (Å²) in [5.74, 6) is -0.151. The zero-order chi connectivity index (χ0) is 26.8. The number of piperazine rings is 1. The van der Waals surface area contributed by atoms with Crippen LogP contribution in [-0.2, 0) is 11.2 Å². The largest absolute Gasteiger partial charge is 0.353 e. The Morgan fingerprint density at radius 2 is 1.69 bits per heavy atom. The minimum absolute atomic E-state index is 0.0563. The van der Waals surface area contributed by atoms with E-state index in [-0.39, 0.29) is 18.4 Å². The first-order chi connectivity index (χ1) is 19.0. The van der Waals surface area contributed by atoms with Crippen LogP contribution in [0.15, 0.2) is 66.7 Å². The number of amides is 1. The molecule has 6 rings (SSSR count). The Labute approximate surface area is 225 Å². The molecular formula is C30H30F2N6O. The number of fused-ring (bicyclic) bond motifs is 1. The normalized spacial score (nSPS) is 17.5. The van der Waals surface area contributed by atoms with Gasteiger partial charge in [-0.05, 0) is 47.4 Å². The van der Waals surface area contributed by atoms with E-state index in [2.05, 4.69) is 21.6 Å². The van der Waals surface area contributed by atoms with E-state index >= 15 is 0 Å². The fourth-order valence-corrected chi connectivity index (χ4v) is 5.31. The van der Waals surface area contributed by atoms with E-state index in [1.54, 1.807) is 6.07 Å². The molecule has 0 radical (unpaired) electrons. The second-order valence-electron chi connectivity index (χ2n) is 10.1. The number of rotatable bonds is 6. The molecule has 3 aromatic carbocycles. The highest BCUT2D eigenvalue weighted by atomic mass is 19.2. The van der Waals surface area contributed by atoms with Crippen molar-refractivity contribution in [1.29, 1.82) is 0 Å². The first-order valence-electron chi connectivity index (χ1n) is 13.3. The van der Waals surface area contributed by atoms with Gasteiger partial charge in [-0.25, -0.2) is 13.8 Å². The van der Waals surface area contributed by atoms with Crippen LogP contribution >= 0.6 is 0 Å². The van der Waals surface area contributed by atoms with Gasteiger partial charge in [-0.1, -0.05) is 42.5 Å². The third-order valence-electron chi connectivity index (χ3n) is 7.44. The molecule has 2 saturated heterocycles. The van der Waals surface area contributed by atoms with Gasteiger partial charge in [0.2, 0.25) is 11.9 Å². The maximum absolute atomic E-state index is 13.6. The van der Waals surface area contributed by atoms with Crippen LogP contribution in [0.4, 0.5) is 20.5 Å². The number of carbonyl (C=O) groups is 1. The van der Waals surface area contributed by atoms with Crippen LogP contribution in [0.3, 0.4) is 0 Å². The van der Waals surface area contributed by atoms with Crippen molar-refractivity contribution in [2.24, 2.45) is 0 Å². The van der Waals surface area contributed by atoms with E-state index in [4.69, 9.17) is 9.97 Å². The third kappa shape index (κ3) is 5.54. The number of hydrogen-bond donors (Lipinski definition) is 2. The monoisotopic (exact) mass is 528 g/mol. The molecule has 4 aromatic rings. The maximum Gasteiger partial charge on any atom is 0.227 e. The van der Waals surface area contributed by atoms with Gasteiger partial charge >= 0.3 is 0 Å². The average Bonchev–Trinajstić information content (AvgIpc) is 3.44. The molecule has 2 fully saturated rings. The van der Waals surface area contributed by atoms with Crippen LogP contribution in [0.25, 0.3) is 22.0 Å². The Morgan fingerprint density at radius 3 is 2.49 bits per heavy atom. The molecule has 3 heterocycles. The molecule has 7 nitrogen and oxygen atoms in total. The topological polar surface area (TPSA) is 73.4 Å². The lowest BCUT2D eigenvalue weighted by molar-refractivity contribution is -0.129. The number of aromatic nitrogens is 2. The predicted octanol–water partition coefficient (Wildman–Crippen LogP) is 4.24. The van der Waals surface area contributed by atoms with Crippen molar-refractivity contribution in [3.63, 3.8) is 0 Å². The number of likely N-dealkylation sites (tertiary alicyclic amines) is 1. The average molecular weight is 529 g/mol. The van der Waals surface area contributed by atoms with Gasteiger partial charge in [0.15, 0.2) is 11.6 Å². The van der Waals surface area contributed by atoms with E-state index in [1.165, 1.54) is 6.07 Å². The molecule has 200 valence electrons. The molecule has 39 heavy (non-hydrogen) atoms. The van der Waals surface area contributed by atoms with E-state index in [9.17, 15) is 13.6 Å². The number of anilines is 2. The van der Waals surface area contributed by atoms with Crippen LogP contribution in [0.2, 0.25) is 0 Å². The summed E-state index contributed by atoms with van der Waals surface area (Å²) in [5.41, 5.74) is 3.14. The third-order valence-corrected chi connectivity index (χ3v) is 7.44. The molecule has 0 unspecified atom stereocenters. The zero-order valence-corrected chi connectivity index (χ0v) is 21.5. The first-order valence-corrected chi connectivity index (χ1v) is 13.3. The molecule has 2 aliphatic heterocycles. The summed E-state index contributed by atoms with van der Waals surface area (Å²) in [6.45, 7) is 4.90. The lowest BCUT2D eigenvalue weighted by atomic mass is 10.0. The van der Waals surface area contributed by atoms with Crippen LogP contribution < -0.4 is 15.5 Å². The molecule has 0 aliphatic carbocycles. The summed E-state index contributed by atoms with van der Waals surface area (Å²) in [7, 11) is 0. The van der Waals surface area contributed by atoms with Gasteiger partial charge in [0.05, 0.1) is 11.9 Å². The fourth-order valence-electron chi connectivity index (χ4n) is 5.31. The van der Waals surface area contributed by atoms with Crippen molar-refractivity contribution in [2.75, 3.05) is 49.5 Å². The van der Waals surface area contributed by atoms with Gasteiger partial charge in [-0.2, -0.15) is 4.98 Å². The predicted molar refractivity (Wildman–Crippen MR) is 149 cm³/mol. The molecule has 1 amide bonds. The Hall–Kier alpha value is -4.11. The lowest BCUT2D eigenvalue weighted by Crippen LogP contribution is -2.44. The van der Waals surface area contributed by atoms with Crippen molar-refractivity contribution >= 4 is 28.6 Å². The zero-order valence-electron chi connectivity index (χ0n) is 21.5. The number of hydrogen-bond acceptors (Lipinski definition) is 6. The second kappa shape index (κ2) is 10.9. The molecule has 2 N–H and O–H groups in total. The van der Waals surface area contributed by atoms with Gasteiger partial charge in [0.25, 0.3) is 0 Å². The minimum atomic E-state index is -0.877. The molecular weight excluding hydrogens is 498 g/mol. The molecule has 2 aliphatic rings. The van der Waals surface area contributed by atoms with Crippen molar-refractivity contribution in [3.05, 3.63) is 83.9 Å². The molecule has 0 bridgehead atoms. The molecule has 0 spiro atoms. The fraction of sp³-hybridized carbons (Fsp3) is 0.300. The second-order valence-corrected chi connectivity index (χ2v) is 10.1. The van der Waals surface area contributed by atoms with Crippen LogP contribution in [0.5, 0.6) is 0 Å². The summed E-state index contributed by atoms with van der Waals surface area (Å²) < 4.78 is 26.8. The van der Waals surface area contributed by atoms with Crippen LogP contribution in [0.1, 0.15) is 12.0 Å². The van der Waals surface area contributed by atoms with E-state index in [1.807, 2.05) is 47.4 Å². The summed E-state index contributed by atoms with van der Waals surface area (Å²) in [6, 6.07) is 19.4. The van der Waals surface area contributed by atoms with Crippen molar-refractivity contribution < 1.29 is 13.6 Å². The van der Waals surface area contributed by atoms with Gasteiger partial charge in [0, 0.05) is 50.7 Å². The molecule has 1 aromatic heterocycles. The van der Waals surface area contributed by atoms with Crippen molar-refractivity contribution in [3.8, 4) is 11.1 Å². The standard InChI is InChI=1S/C30H30F2N6O/c31-25-10-9-22(18-26(25)32)21-7-5-20(6-8-21)17-28(39)38-14-11-23(19-38)34-30-35-27-4-2-1-3-24(27)29(36-30)37-15-12-33-13-16-37/h1-10,18,23,33H,11-17,19H2,(H,34,35,36)/t23-/m0/s1. The smallest absolute Gasteiger partial charge is 0.227 e. The number of carbonyl (C=O) groups excluding carboxylic acids is 1. The van der Waals surface area contributed by atoms with E-state index in [0.717, 1.165) is 66.5 Å². The highest BCUT2D eigenvalue weighted by molar-refractivity contribution is 5.90. The van der Waals surface area contributed by atoms with Crippen molar-refractivity contribution in [2.45, 2.75) is 18.9 Å². The van der Waals surface area contributed by atoms with Crippen molar-refractivity contribution in [1.82, 2.24) is 20.2 Å². The Kier molecular flexibility index (Phi) is 7.06. The molecule has 0 saturated carbocycles. The lowest BCUT2D eigenvalue weighted by Gasteiger charge is -2.29. The number of halogens is 2. The van der Waals surface area contributed by atoms with Crippen LogP contribution in [-0.4, -0.2) is 66.1 Å². The molecule has 1 atom stereocenters.